The Labute approximate surface area is 61.0 Å². The van der Waals surface area contributed by atoms with Crippen LogP contribution in [0.2, 0.25) is 0 Å². The molecule has 0 saturated carbocycles. The smallest absolute Gasteiger partial charge is 0 e. The summed E-state index contributed by atoms with van der Waals surface area (Å²) >= 11 is 0. The van der Waals surface area contributed by atoms with Crippen molar-refractivity contribution in [1.29, 1.82) is 0 Å². The van der Waals surface area contributed by atoms with E-state index in [-0.39, 0.29) is 49.8 Å². The molecule has 8 heteroatoms. The van der Waals surface area contributed by atoms with Crippen molar-refractivity contribution >= 4 is 0 Å². The first kappa shape index (κ1) is 227. The van der Waals surface area contributed by atoms with E-state index in [1.807, 2.05) is 0 Å². The van der Waals surface area contributed by atoms with Crippen molar-refractivity contribution in [2.24, 2.45) is 0 Å². The monoisotopic (exact) mass is 171 g/mol. The third-order valence-electron chi connectivity index (χ3n) is 0. The van der Waals surface area contributed by atoms with E-state index < -0.39 is 0 Å². The third kappa shape index (κ3) is 1010. The Hall–Kier alpha value is 0.434. The van der Waals surface area contributed by atoms with Gasteiger partial charge in [0.15, 0.2) is 0 Å². The van der Waals surface area contributed by atoms with E-state index in [1.54, 1.807) is 0 Å². The Morgan fingerprint density at radius 3 is 0.625 bits per heavy atom. The summed E-state index contributed by atoms with van der Waals surface area (Å²) in [6, 6.07) is 0. The Kier molecular flexibility index (Phi) is 46200. The molecule has 0 aliphatic heterocycles. The van der Waals surface area contributed by atoms with Crippen LogP contribution in [0.4, 0.5) is 0 Å². The normalized spacial score (nSPS) is 0.750. The van der Waals surface area contributed by atoms with Gasteiger partial charge in [-0.15, -0.1) is 0 Å². The zero-order chi connectivity index (χ0) is 2.00. The average molecular weight is 171 g/mol. The summed E-state index contributed by atoms with van der Waals surface area (Å²) in [6.45, 7) is 0. The second kappa shape index (κ2) is 1630. The van der Waals surface area contributed by atoms with Crippen LogP contribution in [0.1, 0.15) is 0 Å². The van der Waals surface area contributed by atoms with Crippen LogP contribution in [-0.2, 0) is 21.7 Å². The van der Waals surface area contributed by atoms with E-state index in [1.165, 1.54) is 0 Å². The van der Waals surface area contributed by atoms with Gasteiger partial charge in [0.25, 0.3) is 0 Å². The SMILES string of the molecule is N.O.O.O.O.OO.[Ti]. The van der Waals surface area contributed by atoms with Crippen molar-refractivity contribution in [3.05, 3.63) is 0 Å². The minimum absolute atomic E-state index is 0. The molecule has 0 aromatic carbocycles. The minimum Gasteiger partial charge on any atom is -0.412 e. The number of rotatable bonds is 0. The minimum atomic E-state index is 0. The fourth-order valence-electron chi connectivity index (χ4n) is 0. The molecule has 0 rings (SSSR count). The molecule has 58 valence electrons. The Balaban J connectivity index is -0.000000000333. The molecule has 0 saturated heterocycles. The fraction of sp³-hybridized carbons (Fsp3) is 0. The van der Waals surface area contributed by atoms with Gasteiger partial charge in [-0.3, -0.25) is 10.5 Å². The zero-order valence-electron chi connectivity index (χ0n) is 4.10. The fourth-order valence-corrected chi connectivity index (χ4v) is 0. The van der Waals surface area contributed by atoms with E-state index in [2.05, 4.69) is 0 Å². The molecule has 0 amide bonds. The van der Waals surface area contributed by atoms with E-state index in [9.17, 15) is 0 Å². The van der Waals surface area contributed by atoms with Gasteiger partial charge in [-0.2, -0.15) is 0 Å². The van der Waals surface area contributed by atoms with E-state index >= 15 is 0 Å². The largest absolute Gasteiger partial charge is 0.412 e. The molecule has 0 aromatic rings. The summed E-state index contributed by atoms with van der Waals surface area (Å²) in [5, 5.41) is 12.0. The van der Waals surface area contributed by atoms with Crippen molar-refractivity contribution in [3.8, 4) is 0 Å². The molecule has 0 bridgehead atoms. The van der Waals surface area contributed by atoms with Crippen LogP contribution in [0.3, 0.4) is 0 Å². The Morgan fingerprint density at radius 1 is 0.625 bits per heavy atom. The van der Waals surface area contributed by atoms with Gasteiger partial charge in [0.1, 0.15) is 0 Å². The zero-order valence-corrected chi connectivity index (χ0v) is 5.66. The Bertz CT molecular complexity index is 8.49. The molecular formula is H13NO6Ti. The van der Waals surface area contributed by atoms with Gasteiger partial charge in [-0.25, -0.2) is 0 Å². The molecule has 0 aliphatic carbocycles. The number of hydrogen-bond donors (Lipinski definition) is 3. The molecule has 0 atom stereocenters. The van der Waals surface area contributed by atoms with Crippen molar-refractivity contribution in [1.82, 2.24) is 6.15 Å². The van der Waals surface area contributed by atoms with Gasteiger partial charge in [0.05, 0.1) is 0 Å². The predicted octanol–water partition coefficient (Wildman–Crippen LogP) is -3.12. The maximum absolute atomic E-state index is 6.00. The summed E-state index contributed by atoms with van der Waals surface area (Å²) in [6.07, 6.45) is 0. The molecule has 0 heterocycles. The van der Waals surface area contributed by atoms with Gasteiger partial charge < -0.3 is 28.1 Å². The molecule has 0 aromatic heterocycles. The van der Waals surface area contributed by atoms with Crippen LogP contribution in [0.5, 0.6) is 0 Å². The first-order valence-corrected chi connectivity index (χ1v) is 0.200. The average Bonchev–Trinajstić information content (AvgIpc) is 1.00. The maximum Gasteiger partial charge on any atom is 0 e. The predicted molar refractivity (Wildman–Crippen MR) is 24.7 cm³/mol. The molecule has 13 N–H and O–H groups in total. The van der Waals surface area contributed by atoms with E-state index in [0.717, 1.165) is 0 Å². The van der Waals surface area contributed by atoms with Crippen LogP contribution in [-0.4, -0.2) is 32.4 Å². The van der Waals surface area contributed by atoms with Gasteiger partial charge in [-0.05, 0) is 0 Å². The van der Waals surface area contributed by atoms with Crippen LogP contribution >= 0.6 is 0 Å². The van der Waals surface area contributed by atoms with Crippen LogP contribution < -0.4 is 6.15 Å². The van der Waals surface area contributed by atoms with Gasteiger partial charge >= 0.3 is 0 Å². The van der Waals surface area contributed by atoms with Crippen LogP contribution in [0.25, 0.3) is 0 Å². The summed E-state index contributed by atoms with van der Waals surface area (Å²) in [5.41, 5.74) is 0. The molecule has 8 heavy (non-hydrogen) atoms. The molecule has 7 nitrogen and oxygen atoms in total. The summed E-state index contributed by atoms with van der Waals surface area (Å²) in [4.78, 5) is 0. The quantitative estimate of drug-likeness (QED) is 0.196. The summed E-state index contributed by atoms with van der Waals surface area (Å²) < 4.78 is 0. The van der Waals surface area contributed by atoms with Crippen molar-refractivity contribution < 1.29 is 54.1 Å². The first-order valence-electron chi connectivity index (χ1n) is 0.200. The van der Waals surface area contributed by atoms with Crippen molar-refractivity contribution in [2.45, 2.75) is 0 Å². The molecule has 0 radical (unpaired) electrons. The van der Waals surface area contributed by atoms with Gasteiger partial charge in [0, 0.05) is 21.7 Å². The first-order chi connectivity index (χ1) is 1.00. The summed E-state index contributed by atoms with van der Waals surface area (Å²) in [7, 11) is 0. The van der Waals surface area contributed by atoms with E-state index in [4.69, 9.17) is 10.5 Å². The van der Waals surface area contributed by atoms with E-state index in [0.29, 0.717) is 0 Å². The molecule has 0 fully saturated rings. The standard InChI is InChI=1S/H3N.H2O2.4H2O.Ti/c;1-2;;;;;/h1H3;1-2H;4*1H2;. The second-order valence-corrected chi connectivity index (χ2v) is 0. The third-order valence-corrected chi connectivity index (χ3v) is 0. The van der Waals surface area contributed by atoms with Crippen LogP contribution in [0.15, 0.2) is 0 Å². The van der Waals surface area contributed by atoms with Crippen molar-refractivity contribution in [2.75, 3.05) is 0 Å². The van der Waals surface area contributed by atoms with Gasteiger partial charge in [-0.1, -0.05) is 0 Å². The van der Waals surface area contributed by atoms with Crippen molar-refractivity contribution in [3.63, 3.8) is 0 Å². The molecular weight excluding hydrogens is 158 g/mol. The van der Waals surface area contributed by atoms with Gasteiger partial charge in [0.2, 0.25) is 0 Å². The maximum atomic E-state index is 6.00. The molecule has 0 aliphatic rings. The second-order valence-electron chi connectivity index (χ2n) is 0. The van der Waals surface area contributed by atoms with Crippen LogP contribution in [0, 0.1) is 0 Å². The number of hydrogen-bond acceptors (Lipinski definition) is 3. The summed E-state index contributed by atoms with van der Waals surface area (Å²) in [5.74, 6) is 0. The molecule has 0 spiro atoms. The molecule has 0 unspecified atom stereocenters. The Morgan fingerprint density at radius 2 is 0.625 bits per heavy atom. The topological polar surface area (TPSA) is 201 Å².